The van der Waals surface area contributed by atoms with Crippen LogP contribution in [0.1, 0.15) is 42.7 Å². The number of carbonyl (C=O) groups is 1. The van der Waals surface area contributed by atoms with Crippen LogP contribution in [-0.4, -0.2) is 34.4 Å². The van der Waals surface area contributed by atoms with Gasteiger partial charge in [-0.1, -0.05) is 26.0 Å². The zero-order chi connectivity index (χ0) is 20.8. The van der Waals surface area contributed by atoms with Crippen molar-refractivity contribution in [2.75, 3.05) is 13.7 Å². The molecule has 0 fully saturated rings. The summed E-state index contributed by atoms with van der Waals surface area (Å²) >= 11 is 0. The van der Waals surface area contributed by atoms with E-state index in [4.69, 9.17) is 9.47 Å². The van der Waals surface area contributed by atoms with Crippen LogP contribution in [0, 0.1) is 5.92 Å². The number of ether oxygens (including phenoxy) is 2. The first-order chi connectivity index (χ1) is 14.0. The smallest absolute Gasteiger partial charge is 0.251 e. The molecule has 0 aliphatic carbocycles. The van der Waals surface area contributed by atoms with Crippen LogP contribution >= 0.6 is 0 Å². The summed E-state index contributed by atoms with van der Waals surface area (Å²) in [6.45, 7) is 6.69. The van der Waals surface area contributed by atoms with Gasteiger partial charge in [-0.3, -0.25) is 4.79 Å². The fourth-order valence-corrected chi connectivity index (χ4v) is 2.81. The van der Waals surface area contributed by atoms with Gasteiger partial charge in [0.25, 0.3) is 5.91 Å². The number of nitrogens with zero attached hydrogens (tertiary/aromatic N) is 3. The molecular weight excluding hydrogens is 368 g/mol. The third-order valence-electron chi connectivity index (χ3n) is 4.42. The zero-order valence-electron chi connectivity index (χ0n) is 17.1. The average molecular weight is 394 g/mol. The number of nitrogens with one attached hydrogen (secondary N) is 1. The van der Waals surface area contributed by atoms with E-state index in [1.165, 1.54) is 6.33 Å². The Morgan fingerprint density at radius 1 is 1.10 bits per heavy atom. The van der Waals surface area contributed by atoms with Crippen LogP contribution in [0.5, 0.6) is 11.5 Å². The van der Waals surface area contributed by atoms with Gasteiger partial charge in [-0.25, -0.2) is 9.67 Å². The second kappa shape index (κ2) is 9.23. The molecule has 3 rings (SSSR count). The predicted molar refractivity (Wildman–Crippen MR) is 111 cm³/mol. The molecule has 1 atom stereocenters. The van der Waals surface area contributed by atoms with E-state index in [-0.39, 0.29) is 11.9 Å². The van der Waals surface area contributed by atoms with E-state index >= 15 is 0 Å². The lowest BCUT2D eigenvalue weighted by molar-refractivity contribution is 0.0939. The third kappa shape index (κ3) is 5.13. The van der Waals surface area contributed by atoms with E-state index in [0.29, 0.717) is 29.6 Å². The molecule has 29 heavy (non-hydrogen) atoms. The second-order valence-electron chi connectivity index (χ2n) is 7.20. The van der Waals surface area contributed by atoms with Gasteiger partial charge in [-0.2, -0.15) is 5.10 Å². The van der Waals surface area contributed by atoms with Gasteiger partial charge in [0.2, 0.25) is 0 Å². The molecule has 0 aliphatic heterocycles. The van der Waals surface area contributed by atoms with Crippen LogP contribution in [0.25, 0.3) is 5.69 Å². The van der Waals surface area contributed by atoms with Gasteiger partial charge in [-0.15, -0.1) is 0 Å². The molecule has 0 unspecified atom stereocenters. The van der Waals surface area contributed by atoms with Gasteiger partial charge < -0.3 is 14.8 Å². The first-order valence-electron chi connectivity index (χ1n) is 9.54. The highest BCUT2D eigenvalue weighted by Crippen LogP contribution is 2.29. The molecule has 1 aromatic heterocycles. The van der Waals surface area contributed by atoms with Gasteiger partial charge in [0.05, 0.1) is 25.4 Å². The summed E-state index contributed by atoms with van der Waals surface area (Å²) in [5, 5.41) is 7.13. The number of amides is 1. The summed E-state index contributed by atoms with van der Waals surface area (Å²) in [5.41, 5.74) is 2.42. The van der Waals surface area contributed by atoms with Crippen molar-refractivity contribution >= 4 is 5.91 Å². The van der Waals surface area contributed by atoms with E-state index in [2.05, 4.69) is 29.2 Å². The lowest BCUT2D eigenvalue weighted by Crippen LogP contribution is -2.26. The van der Waals surface area contributed by atoms with Crippen LogP contribution in [0.15, 0.2) is 55.1 Å². The number of rotatable bonds is 8. The maximum Gasteiger partial charge on any atom is 0.251 e. The second-order valence-corrected chi connectivity index (χ2v) is 7.20. The van der Waals surface area contributed by atoms with Gasteiger partial charge in [0.15, 0.2) is 11.5 Å². The van der Waals surface area contributed by atoms with E-state index in [1.807, 2.05) is 31.2 Å². The Morgan fingerprint density at radius 3 is 2.48 bits per heavy atom. The van der Waals surface area contributed by atoms with Crippen molar-refractivity contribution < 1.29 is 14.3 Å². The highest BCUT2D eigenvalue weighted by Gasteiger charge is 2.15. The van der Waals surface area contributed by atoms with Gasteiger partial charge >= 0.3 is 0 Å². The fourth-order valence-electron chi connectivity index (χ4n) is 2.81. The molecule has 152 valence electrons. The Morgan fingerprint density at radius 2 is 1.86 bits per heavy atom. The van der Waals surface area contributed by atoms with Crippen molar-refractivity contribution in [2.45, 2.75) is 26.8 Å². The zero-order valence-corrected chi connectivity index (χ0v) is 17.1. The molecule has 2 aromatic carbocycles. The summed E-state index contributed by atoms with van der Waals surface area (Å²) in [6.07, 6.45) is 3.13. The molecule has 0 spiro atoms. The topological polar surface area (TPSA) is 78.3 Å². The van der Waals surface area contributed by atoms with Crippen LogP contribution in [0.4, 0.5) is 0 Å². The minimum Gasteiger partial charge on any atom is -0.493 e. The fraction of sp³-hybridized carbons (Fsp3) is 0.318. The van der Waals surface area contributed by atoms with Crippen molar-refractivity contribution in [3.05, 3.63) is 66.2 Å². The van der Waals surface area contributed by atoms with Gasteiger partial charge in [0.1, 0.15) is 12.7 Å². The first kappa shape index (κ1) is 20.4. The third-order valence-corrected chi connectivity index (χ3v) is 4.42. The molecule has 1 heterocycles. The van der Waals surface area contributed by atoms with E-state index in [9.17, 15) is 4.79 Å². The Hall–Kier alpha value is -3.35. The van der Waals surface area contributed by atoms with Crippen molar-refractivity contribution in [1.29, 1.82) is 0 Å². The summed E-state index contributed by atoms with van der Waals surface area (Å²) < 4.78 is 12.8. The van der Waals surface area contributed by atoms with E-state index < -0.39 is 0 Å². The minimum absolute atomic E-state index is 0.157. The van der Waals surface area contributed by atoms with E-state index in [0.717, 1.165) is 11.3 Å². The molecule has 7 nitrogen and oxygen atoms in total. The van der Waals surface area contributed by atoms with Crippen molar-refractivity contribution in [3.63, 3.8) is 0 Å². The van der Waals surface area contributed by atoms with Crippen molar-refractivity contribution in [1.82, 2.24) is 20.1 Å². The number of methoxy groups -OCH3 is 1. The maximum absolute atomic E-state index is 12.7. The Labute approximate surface area is 170 Å². The molecule has 0 aliphatic rings. The van der Waals surface area contributed by atoms with Crippen LogP contribution in [0.3, 0.4) is 0 Å². The normalized spacial score (nSPS) is 11.9. The summed E-state index contributed by atoms with van der Waals surface area (Å²) in [4.78, 5) is 16.6. The first-order valence-corrected chi connectivity index (χ1v) is 9.54. The maximum atomic E-state index is 12.7. The number of aromatic nitrogens is 3. The van der Waals surface area contributed by atoms with Crippen molar-refractivity contribution in [3.8, 4) is 17.2 Å². The minimum atomic E-state index is -0.174. The highest BCUT2D eigenvalue weighted by atomic mass is 16.5. The molecule has 7 heteroatoms. The molecule has 0 saturated heterocycles. The standard InChI is InChI=1S/C22H26N4O3/c1-15(2)12-29-20-10-7-18(11-21(20)28-4)22(27)25-16(3)17-5-8-19(9-6-17)26-14-23-13-24-26/h5-11,13-16H,12H2,1-4H3,(H,25,27)/t16-/m0/s1. The summed E-state index contributed by atoms with van der Waals surface area (Å²) in [6, 6.07) is 12.9. The Kier molecular flexibility index (Phi) is 6.49. The summed E-state index contributed by atoms with van der Waals surface area (Å²) in [7, 11) is 1.57. The molecule has 0 radical (unpaired) electrons. The largest absolute Gasteiger partial charge is 0.493 e. The SMILES string of the molecule is COc1cc(C(=O)N[C@@H](C)c2ccc(-n3cncn3)cc2)ccc1OCC(C)C. The van der Waals surface area contributed by atoms with Crippen LogP contribution in [-0.2, 0) is 0 Å². The van der Waals surface area contributed by atoms with Crippen LogP contribution < -0.4 is 14.8 Å². The van der Waals surface area contributed by atoms with Crippen molar-refractivity contribution in [2.24, 2.45) is 5.92 Å². The molecule has 0 bridgehead atoms. The molecule has 3 aromatic rings. The number of hydrogen-bond acceptors (Lipinski definition) is 5. The lowest BCUT2D eigenvalue weighted by Gasteiger charge is -2.16. The van der Waals surface area contributed by atoms with Gasteiger partial charge in [0, 0.05) is 5.56 Å². The number of hydrogen-bond donors (Lipinski definition) is 1. The lowest BCUT2D eigenvalue weighted by atomic mass is 10.1. The predicted octanol–water partition coefficient (Wildman–Crippen LogP) is 3.80. The molecule has 1 amide bonds. The number of carbonyl (C=O) groups excluding carboxylic acids is 1. The summed E-state index contributed by atoms with van der Waals surface area (Å²) in [5.74, 6) is 1.41. The van der Waals surface area contributed by atoms with Crippen LogP contribution in [0.2, 0.25) is 0 Å². The Bertz CT molecular complexity index is 937. The van der Waals surface area contributed by atoms with Gasteiger partial charge in [-0.05, 0) is 48.7 Å². The molecule has 0 saturated carbocycles. The quantitative estimate of drug-likeness (QED) is 0.629. The highest BCUT2D eigenvalue weighted by molar-refractivity contribution is 5.95. The van der Waals surface area contributed by atoms with E-state index in [1.54, 1.807) is 36.3 Å². The monoisotopic (exact) mass is 394 g/mol. The average Bonchev–Trinajstić information content (AvgIpc) is 3.27. The molecule has 1 N–H and O–H groups in total. The molecular formula is C22H26N4O3. The number of benzene rings is 2. The Balaban J connectivity index is 1.67.